The summed E-state index contributed by atoms with van der Waals surface area (Å²) in [5, 5.41) is 9.18. The first-order valence-electron chi connectivity index (χ1n) is 3.70. The molecule has 0 heterocycles. The molecule has 0 radical (unpaired) electrons. The summed E-state index contributed by atoms with van der Waals surface area (Å²) in [7, 11) is 0. The van der Waals surface area contributed by atoms with Gasteiger partial charge in [0, 0.05) is 12.0 Å². The summed E-state index contributed by atoms with van der Waals surface area (Å²) in [4.78, 5) is 0. The lowest BCUT2D eigenvalue weighted by Gasteiger charge is -2.11. The van der Waals surface area contributed by atoms with Crippen molar-refractivity contribution in [3.63, 3.8) is 0 Å². The Hall–Kier alpha value is -0.890. The summed E-state index contributed by atoms with van der Waals surface area (Å²) >= 11 is 0. The Morgan fingerprint density at radius 3 is 2.82 bits per heavy atom. The molecule has 0 spiro atoms. The van der Waals surface area contributed by atoms with E-state index in [1.165, 1.54) is 0 Å². The molecular formula is C9H9FO. The lowest BCUT2D eigenvalue weighted by atomic mass is 10.1. The van der Waals surface area contributed by atoms with E-state index >= 15 is 0 Å². The molecular weight excluding hydrogens is 143 g/mol. The van der Waals surface area contributed by atoms with Crippen molar-refractivity contribution in [1.29, 1.82) is 0 Å². The zero-order valence-corrected chi connectivity index (χ0v) is 6.05. The van der Waals surface area contributed by atoms with E-state index in [0.29, 0.717) is 12.0 Å². The third-order valence-electron chi connectivity index (χ3n) is 2.16. The van der Waals surface area contributed by atoms with Gasteiger partial charge in [0.05, 0.1) is 0 Å². The van der Waals surface area contributed by atoms with Crippen molar-refractivity contribution in [3.8, 4) is 0 Å². The van der Waals surface area contributed by atoms with Crippen molar-refractivity contribution in [3.05, 3.63) is 35.4 Å². The van der Waals surface area contributed by atoms with E-state index in [4.69, 9.17) is 0 Å². The number of benzene rings is 1. The van der Waals surface area contributed by atoms with E-state index < -0.39 is 5.85 Å². The van der Waals surface area contributed by atoms with Gasteiger partial charge in [-0.15, -0.1) is 0 Å². The van der Waals surface area contributed by atoms with Gasteiger partial charge in [-0.1, -0.05) is 24.3 Å². The van der Waals surface area contributed by atoms with Crippen LogP contribution in [-0.4, -0.2) is 5.11 Å². The van der Waals surface area contributed by atoms with Crippen LogP contribution < -0.4 is 0 Å². The normalized spacial score (nSPS) is 28.5. The van der Waals surface area contributed by atoms with Crippen molar-refractivity contribution in [2.75, 3.05) is 0 Å². The van der Waals surface area contributed by atoms with Crippen LogP contribution in [0.2, 0.25) is 0 Å². The van der Waals surface area contributed by atoms with Gasteiger partial charge in [0.1, 0.15) is 0 Å². The molecule has 0 fully saturated rings. The van der Waals surface area contributed by atoms with Gasteiger partial charge < -0.3 is 5.11 Å². The van der Waals surface area contributed by atoms with Gasteiger partial charge in [-0.2, -0.15) is 0 Å². The number of fused-ring (bicyclic) bond motifs is 1. The Kier molecular flexibility index (Phi) is 1.26. The van der Waals surface area contributed by atoms with Gasteiger partial charge >= 0.3 is 0 Å². The average Bonchev–Trinajstić information content (AvgIpc) is 2.29. The van der Waals surface area contributed by atoms with Crippen molar-refractivity contribution < 1.29 is 9.50 Å². The predicted molar refractivity (Wildman–Crippen MR) is 39.8 cm³/mol. The highest BCUT2D eigenvalue weighted by Crippen LogP contribution is 2.37. The van der Waals surface area contributed by atoms with Gasteiger partial charge in [0.25, 0.3) is 0 Å². The van der Waals surface area contributed by atoms with Gasteiger partial charge in [-0.05, 0) is 12.0 Å². The zero-order valence-electron chi connectivity index (χ0n) is 6.05. The van der Waals surface area contributed by atoms with Crippen molar-refractivity contribution in [2.24, 2.45) is 0 Å². The lowest BCUT2D eigenvalue weighted by Crippen LogP contribution is -2.13. The second kappa shape index (κ2) is 2.05. The topological polar surface area (TPSA) is 20.2 Å². The predicted octanol–water partition coefficient (Wildman–Crippen LogP) is 1.75. The quantitative estimate of drug-likeness (QED) is 0.600. The molecule has 0 unspecified atom stereocenters. The molecule has 0 saturated heterocycles. The smallest absolute Gasteiger partial charge is 0.233 e. The number of hydrogen-bond donors (Lipinski definition) is 1. The molecule has 1 nitrogen and oxygen atoms in total. The Labute approximate surface area is 64.5 Å². The number of aryl methyl sites for hydroxylation is 1. The molecule has 1 atom stereocenters. The van der Waals surface area contributed by atoms with Crippen LogP contribution in [-0.2, 0) is 12.3 Å². The number of aliphatic hydroxyl groups is 1. The molecule has 2 heteroatoms. The first-order valence-corrected chi connectivity index (χ1v) is 3.70. The summed E-state index contributed by atoms with van der Waals surface area (Å²) < 4.78 is 13.2. The molecule has 0 aliphatic heterocycles. The fourth-order valence-electron chi connectivity index (χ4n) is 1.55. The van der Waals surface area contributed by atoms with Crippen LogP contribution in [0.1, 0.15) is 17.5 Å². The molecule has 1 aliphatic rings. The maximum atomic E-state index is 13.2. The standard InChI is InChI=1S/C9H9FO/c10-9(11)6-5-7-3-1-2-4-8(7)9/h1-4,11H,5-6H2/t9-/m1/s1. The summed E-state index contributed by atoms with van der Waals surface area (Å²) in [6, 6.07) is 7.10. The minimum atomic E-state index is -2.07. The SMILES string of the molecule is O[C@]1(F)CCc2ccccc21. The van der Waals surface area contributed by atoms with Crippen LogP contribution in [0.4, 0.5) is 4.39 Å². The lowest BCUT2D eigenvalue weighted by molar-refractivity contribution is -0.0926. The van der Waals surface area contributed by atoms with E-state index in [1.807, 2.05) is 12.1 Å². The van der Waals surface area contributed by atoms with Gasteiger partial charge in [0.15, 0.2) is 0 Å². The molecule has 0 aromatic heterocycles. The Morgan fingerprint density at radius 2 is 2.09 bits per heavy atom. The molecule has 2 rings (SSSR count). The maximum Gasteiger partial charge on any atom is 0.233 e. The average molecular weight is 152 g/mol. The Bertz CT molecular complexity index is 281. The highest BCUT2D eigenvalue weighted by Gasteiger charge is 2.35. The number of rotatable bonds is 0. The van der Waals surface area contributed by atoms with Crippen molar-refractivity contribution in [1.82, 2.24) is 0 Å². The third-order valence-corrected chi connectivity index (χ3v) is 2.16. The van der Waals surface area contributed by atoms with E-state index in [0.717, 1.165) is 5.56 Å². The summed E-state index contributed by atoms with van der Waals surface area (Å²) in [6.45, 7) is 0. The third kappa shape index (κ3) is 0.942. The second-order valence-electron chi connectivity index (χ2n) is 2.92. The van der Waals surface area contributed by atoms with Crippen LogP contribution in [0.3, 0.4) is 0 Å². The summed E-state index contributed by atoms with van der Waals surface area (Å²) in [5.74, 6) is -2.07. The molecule has 1 N–H and O–H groups in total. The molecule has 1 aliphatic carbocycles. The first-order chi connectivity index (χ1) is 5.20. The minimum absolute atomic E-state index is 0.201. The summed E-state index contributed by atoms with van der Waals surface area (Å²) in [6.07, 6.45) is 0.843. The summed E-state index contributed by atoms with van der Waals surface area (Å²) in [5.41, 5.74) is 1.37. The molecule has 58 valence electrons. The molecule has 0 saturated carbocycles. The van der Waals surface area contributed by atoms with Gasteiger partial charge in [-0.3, -0.25) is 0 Å². The maximum absolute atomic E-state index is 13.2. The van der Waals surface area contributed by atoms with Crippen LogP contribution in [0.5, 0.6) is 0 Å². The van der Waals surface area contributed by atoms with Gasteiger partial charge in [-0.25, -0.2) is 4.39 Å². The van der Waals surface area contributed by atoms with E-state index in [9.17, 15) is 9.50 Å². The fourth-order valence-corrected chi connectivity index (χ4v) is 1.55. The van der Waals surface area contributed by atoms with Crippen LogP contribution in [0, 0.1) is 0 Å². The van der Waals surface area contributed by atoms with E-state index in [2.05, 4.69) is 0 Å². The number of alkyl halides is 1. The zero-order chi connectivity index (χ0) is 7.90. The largest absolute Gasteiger partial charge is 0.358 e. The van der Waals surface area contributed by atoms with Gasteiger partial charge in [0.2, 0.25) is 5.85 Å². The Morgan fingerprint density at radius 1 is 1.36 bits per heavy atom. The highest BCUT2D eigenvalue weighted by molar-refractivity contribution is 5.34. The van der Waals surface area contributed by atoms with E-state index in [-0.39, 0.29) is 6.42 Å². The monoisotopic (exact) mass is 152 g/mol. The van der Waals surface area contributed by atoms with E-state index in [1.54, 1.807) is 12.1 Å². The first kappa shape index (κ1) is 6.80. The molecule has 11 heavy (non-hydrogen) atoms. The fraction of sp³-hybridized carbons (Fsp3) is 0.333. The van der Waals surface area contributed by atoms with Crippen molar-refractivity contribution >= 4 is 0 Å². The van der Waals surface area contributed by atoms with Crippen LogP contribution in [0.25, 0.3) is 0 Å². The molecule has 1 aromatic carbocycles. The van der Waals surface area contributed by atoms with Crippen LogP contribution >= 0.6 is 0 Å². The Balaban J connectivity index is 2.56. The molecule has 1 aromatic rings. The number of hydrogen-bond acceptors (Lipinski definition) is 1. The van der Waals surface area contributed by atoms with Crippen molar-refractivity contribution in [2.45, 2.75) is 18.7 Å². The molecule has 0 bridgehead atoms. The van der Waals surface area contributed by atoms with Crippen LogP contribution in [0.15, 0.2) is 24.3 Å². The second-order valence-corrected chi connectivity index (χ2v) is 2.92. The highest BCUT2D eigenvalue weighted by atomic mass is 19.2. The molecule has 0 amide bonds. The number of halogens is 1. The minimum Gasteiger partial charge on any atom is -0.358 e.